The molecule has 0 bridgehead atoms. The van der Waals surface area contributed by atoms with Crippen molar-refractivity contribution in [1.29, 1.82) is 0 Å². The summed E-state index contributed by atoms with van der Waals surface area (Å²) in [6, 6.07) is 10.7. The number of thioether (sulfide) groups is 1. The van der Waals surface area contributed by atoms with Crippen LogP contribution in [-0.2, 0) is 0 Å². The van der Waals surface area contributed by atoms with Gasteiger partial charge in [-0.1, -0.05) is 40.9 Å². The minimum atomic E-state index is 0.482. The Morgan fingerprint density at radius 3 is 2.40 bits per heavy atom. The van der Waals surface area contributed by atoms with Gasteiger partial charge in [-0.15, -0.1) is 11.8 Å². The van der Waals surface area contributed by atoms with Gasteiger partial charge in [0.1, 0.15) is 0 Å². The molecule has 0 aromatic heterocycles. The molecule has 6 heteroatoms. The normalized spacial score (nSPS) is 10.6. The summed E-state index contributed by atoms with van der Waals surface area (Å²) in [5.74, 6) is 1.24. The number of hydrogen-bond donors (Lipinski definition) is 1. The number of para-hydroxylation sites is 1. The lowest BCUT2D eigenvalue weighted by molar-refractivity contribution is 0.344. The zero-order chi connectivity index (χ0) is 14.5. The van der Waals surface area contributed by atoms with Crippen molar-refractivity contribution < 1.29 is 4.74 Å². The van der Waals surface area contributed by atoms with Crippen LogP contribution in [0.15, 0.2) is 41.3 Å². The Morgan fingerprint density at radius 2 is 1.75 bits per heavy atom. The number of nitrogens with two attached hydrogens (primary N) is 1. The first-order valence-corrected chi connectivity index (χ1v) is 7.94. The van der Waals surface area contributed by atoms with Crippen molar-refractivity contribution in [3.8, 4) is 5.75 Å². The molecular formula is C14H12Cl3NOS. The van der Waals surface area contributed by atoms with Gasteiger partial charge in [0, 0.05) is 21.4 Å². The number of nitrogen functional groups attached to an aromatic ring is 1. The Morgan fingerprint density at radius 1 is 1.05 bits per heavy atom. The third kappa shape index (κ3) is 4.13. The van der Waals surface area contributed by atoms with E-state index in [1.807, 2.05) is 12.1 Å². The second kappa shape index (κ2) is 7.32. The van der Waals surface area contributed by atoms with Crippen LogP contribution >= 0.6 is 46.6 Å². The van der Waals surface area contributed by atoms with E-state index in [0.717, 1.165) is 10.6 Å². The van der Waals surface area contributed by atoms with Crippen molar-refractivity contribution in [2.45, 2.75) is 4.90 Å². The molecule has 0 atom stereocenters. The molecule has 2 rings (SSSR count). The number of anilines is 1. The van der Waals surface area contributed by atoms with Crippen molar-refractivity contribution in [3.05, 3.63) is 51.5 Å². The zero-order valence-electron chi connectivity index (χ0n) is 10.4. The van der Waals surface area contributed by atoms with E-state index in [2.05, 4.69) is 0 Å². The quantitative estimate of drug-likeness (QED) is 0.446. The molecule has 0 heterocycles. The monoisotopic (exact) mass is 347 g/mol. The average molecular weight is 349 g/mol. The highest BCUT2D eigenvalue weighted by Crippen LogP contribution is 2.33. The van der Waals surface area contributed by atoms with Crippen molar-refractivity contribution in [2.24, 2.45) is 0 Å². The average Bonchev–Trinajstić information content (AvgIpc) is 2.39. The van der Waals surface area contributed by atoms with Crippen LogP contribution in [0.1, 0.15) is 0 Å². The number of benzene rings is 2. The molecule has 0 spiro atoms. The highest BCUT2D eigenvalue weighted by Gasteiger charge is 2.07. The van der Waals surface area contributed by atoms with Gasteiger partial charge in [0.2, 0.25) is 0 Å². The molecule has 0 aliphatic heterocycles. The van der Waals surface area contributed by atoms with Gasteiger partial charge in [0.25, 0.3) is 0 Å². The Hall–Kier alpha value is -0.740. The molecule has 2 aromatic carbocycles. The van der Waals surface area contributed by atoms with Crippen LogP contribution in [-0.4, -0.2) is 12.4 Å². The van der Waals surface area contributed by atoms with Crippen LogP contribution in [0.2, 0.25) is 15.1 Å². The molecule has 20 heavy (non-hydrogen) atoms. The Labute approximate surface area is 137 Å². The SMILES string of the molecule is Nc1cc(Cl)ccc1SCCOc1c(Cl)cccc1Cl. The van der Waals surface area contributed by atoms with E-state index < -0.39 is 0 Å². The molecule has 0 saturated carbocycles. The molecular weight excluding hydrogens is 337 g/mol. The topological polar surface area (TPSA) is 35.2 Å². The summed E-state index contributed by atoms with van der Waals surface area (Å²) in [6.07, 6.45) is 0. The summed E-state index contributed by atoms with van der Waals surface area (Å²) in [6.45, 7) is 0.482. The lowest BCUT2D eigenvalue weighted by atomic mass is 10.3. The van der Waals surface area contributed by atoms with Gasteiger partial charge in [-0.2, -0.15) is 0 Å². The first-order valence-electron chi connectivity index (χ1n) is 5.82. The summed E-state index contributed by atoms with van der Waals surface area (Å²) >= 11 is 19.5. The maximum atomic E-state index is 6.02. The number of ether oxygens (including phenoxy) is 1. The first kappa shape index (κ1) is 15.6. The van der Waals surface area contributed by atoms with E-state index in [4.69, 9.17) is 45.3 Å². The van der Waals surface area contributed by atoms with E-state index >= 15 is 0 Å². The lowest BCUT2D eigenvalue weighted by Crippen LogP contribution is -2.01. The smallest absolute Gasteiger partial charge is 0.156 e. The molecule has 0 fully saturated rings. The molecule has 0 saturated heterocycles. The first-order chi connectivity index (χ1) is 9.58. The predicted octanol–water partition coefficient (Wildman–Crippen LogP) is 5.40. The minimum Gasteiger partial charge on any atom is -0.490 e. The number of halogens is 3. The van der Waals surface area contributed by atoms with Gasteiger partial charge in [-0.25, -0.2) is 0 Å². The summed E-state index contributed by atoms with van der Waals surface area (Å²) < 4.78 is 5.60. The molecule has 0 unspecified atom stereocenters. The van der Waals surface area contributed by atoms with Crippen LogP contribution in [0.5, 0.6) is 5.75 Å². The predicted molar refractivity (Wildman–Crippen MR) is 88.5 cm³/mol. The van der Waals surface area contributed by atoms with Gasteiger partial charge >= 0.3 is 0 Å². The summed E-state index contributed by atoms with van der Waals surface area (Å²) in [5, 5.41) is 1.65. The van der Waals surface area contributed by atoms with E-state index in [-0.39, 0.29) is 0 Å². The maximum Gasteiger partial charge on any atom is 0.156 e. The van der Waals surface area contributed by atoms with E-state index in [9.17, 15) is 0 Å². The molecule has 0 radical (unpaired) electrons. The Kier molecular flexibility index (Phi) is 5.73. The van der Waals surface area contributed by atoms with Crippen LogP contribution in [0.3, 0.4) is 0 Å². The van der Waals surface area contributed by atoms with E-state index in [1.165, 1.54) is 0 Å². The van der Waals surface area contributed by atoms with E-state index in [0.29, 0.717) is 33.1 Å². The molecule has 2 nitrogen and oxygen atoms in total. The Balaban J connectivity index is 1.88. The van der Waals surface area contributed by atoms with Crippen molar-refractivity contribution in [2.75, 3.05) is 18.1 Å². The molecule has 2 N–H and O–H groups in total. The van der Waals surface area contributed by atoms with Gasteiger partial charge in [-0.05, 0) is 30.3 Å². The second-order valence-corrected chi connectivity index (χ2v) is 6.32. The van der Waals surface area contributed by atoms with Crippen LogP contribution in [0, 0.1) is 0 Å². The largest absolute Gasteiger partial charge is 0.490 e. The standard InChI is InChI=1S/C14H12Cl3NOS/c15-9-4-5-13(12(18)8-9)20-7-6-19-14-10(16)2-1-3-11(14)17/h1-5,8H,6-7,18H2. The van der Waals surface area contributed by atoms with Crippen molar-refractivity contribution in [3.63, 3.8) is 0 Å². The third-order valence-electron chi connectivity index (χ3n) is 2.48. The van der Waals surface area contributed by atoms with Crippen molar-refractivity contribution in [1.82, 2.24) is 0 Å². The van der Waals surface area contributed by atoms with Crippen LogP contribution in [0.4, 0.5) is 5.69 Å². The van der Waals surface area contributed by atoms with Gasteiger partial charge in [0.15, 0.2) is 5.75 Å². The van der Waals surface area contributed by atoms with Gasteiger partial charge < -0.3 is 10.5 Å². The van der Waals surface area contributed by atoms with Crippen molar-refractivity contribution >= 4 is 52.3 Å². The summed E-state index contributed by atoms with van der Waals surface area (Å²) in [5.41, 5.74) is 6.54. The fourth-order valence-corrected chi connectivity index (χ4v) is 3.03. The molecule has 106 valence electrons. The molecule has 2 aromatic rings. The highest BCUT2D eigenvalue weighted by molar-refractivity contribution is 7.99. The van der Waals surface area contributed by atoms with Crippen LogP contribution < -0.4 is 10.5 Å². The molecule has 0 amide bonds. The minimum absolute atomic E-state index is 0.482. The third-order valence-corrected chi connectivity index (χ3v) is 4.36. The second-order valence-electron chi connectivity index (χ2n) is 3.93. The number of hydrogen-bond acceptors (Lipinski definition) is 3. The molecule has 0 aliphatic carbocycles. The fourth-order valence-electron chi connectivity index (χ4n) is 1.57. The summed E-state index contributed by atoms with van der Waals surface area (Å²) in [4.78, 5) is 0.975. The Bertz CT molecular complexity index is 587. The van der Waals surface area contributed by atoms with Crippen LogP contribution in [0.25, 0.3) is 0 Å². The summed E-state index contributed by atoms with van der Waals surface area (Å²) in [7, 11) is 0. The maximum absolute atomic E-state index is 6.02. The molecule has 0 aliphatic rings. The zero-order valence-corrected chi connectivity index (χ0v) is 13.5. The highest BCUT2D eigenvalue weighted by atomic mass is 35.5. The fraction of sp³-hybridized carbons (Fsp3) is 0.143. The van der Waals surface area contributed by atoms with Gasteiger partial charge in [0.05, 0.1) is 16.7 Å². The van der Waals surface area contributed by atoms with Gasteiger partial charge in [-0.3, -0.25) is 0 Å². The number of rotatable bonds is 5. The lowest BCUT2D eigenvalue weighted by Gasteiger charge is -2.10. The van der Waals surface area contributed by atoms with E-state index in [1.54, 1.807) is 36.0 Å².